The van der Waals surface area contributed by atoms with Crippen LogP contribution >= 0.6 is 0 Å². The van der Waals surface area contributed by atoms with Crippen molar-refractivity contribution in [1.29, 1.82) is 0 Å². The molecule has 0 aliphatic carbocycles. The number of hydrogen-bond acceptors (Lipinski definition) is 4. The van der Waals surface area contributed by atoms with Gasteiger partial charge in [-0.1, -0.05) is 30.3 Å². The summed E-state index contributed by atoms with van der Waals surface area (Å²) in [6.07, 6.45) is 5.66. The largest absolute Gasteiger partial charge is 0.342 e. The van der Waals surface area contributed by atoms with E-state index in [4.69, 9.17) is 0 Å². The number of carbonyl (C=O) groups excluding carboxylic acids is 3. The maximum atomic E-state index is 12.9. The number of anilines is 1. The van der Waals surface area contributed by atoms with Gasteiger partial charge in [-0.25, -0.2) is 0 Å². The van der Waals surface area contributed by atoms with Crippen LogP contribution in [0.4, 0.5) is 5.69 Å². The van der Waals surface area contributed by atoms with Crippen LogP contribution in [0.15, 0.2) is 42.7 Å². The first-order valence-corrected chi connectivity index (χ1v) is 9.97. The Morgan fingerprint density at radius 1 is 1.17 bits per heavy atom. The first-order valence-electron chi connectivity index (χ1n) is 9.97. The normalized spacial score (nSPS) is 21.6. The quantitative estimate of drug-likeness (QED) is 0.814. The van der Waals surface area contributed by atoms with Crippen molar-refractivity contribution in [2.24, 2.45) is 7.05 Å². The molecule has 2 aliphatic heterocycles. The smallest absolute Gasteiger partial charge is 0.249 e. The van der Waals surface area contributed by atoms with Gasteiger partial charge in [-0.15, -0.1) is 0 Å². The maximum absolute atomic E-state index is 12.9. The predicted molar refractivity (Wildman–Crippen MR) is 107 cm³/mol. The lowest BCUT2D eigenvalue weighted by Crippen LogP contribution is -2.51. The van der Waals surface area contributed by atoms with E-state index in [-0.39, 0.29) is 24.1 Å². The third-order valence-corrected chi connectivity index (χ3v) is 5.60. The number of aryl methyl sites for hydroxylation is 1. The van der Waals surface area contributed by atoms with Gasteiger partial charge in [0.05, 0.1) is 18.3 Å². The molecule has 2 unspecified atom stereocenters. The molecule has 1 aromatic heterocycles. The van der Waals surface area contributed by atoms with E-state index in [1.54, 1.807) is 33.9 Å². The summed E-state index contributed by atoms with van der Waals surface area (Å²) in [5.41, 5.74) is 1.66. The Morgan fingerprint density at radius 2 is 1.97 bits per heavy atom. The fourth-order valence-electron chi connectivity index (χ4n) is 4.10. The number of likely N-dealkylation sites (tertiary alicyclic amines) is 1. The molecule has 2 saturated heterocycles. The Hall–Kier alpha value is -3.16. The zero-order chi connectivity index (χ0) is 20.4. The van der Waals surface area contributed by atoms with Gasteiger partial charge in [-0.3, -0.25) is 19.1 Å². The fourth-order valence-corrected chi connectivity index (χ4v) is 4.10. The number of carbonyl (C=O) groups is 3. The third kappa shape index (κ3) is 4.01. The third-order valence-electron chi connectivity index (χ3n) is 5.60. The van der Waals surface area contributed by atoms with Crippen molar-refractivity contribution in [2.75, 3.05) is 18.0 Å². The van der Waals surface area contributed by atoms with Crippen LogP contribution in [0.3, 0.4) is 0 Å². The van der Waals surface area contributed by atoms with E-state index in [0.29, 0.717) is 25.9 Å². The topological polar surface area (TPSA) is 87.5 Å². The van der Waals surface area contributed by atoms with Crippen molar-refractivity contribution in [3.63, 3.8) is 0 Å². The molecule has 0 radical (unpaired) electrons. The lowest BCUT2D eigenvalue weighted by Gasteiger charge is -2.25. The van der Waals surface area contributed by atoms with E-state index in [0.717, 1.165) is 17.7 Å². The van der Waals surface area contributed by atoms with Crippen LogP contribution in [0.1, 0.15) is 24.8 Å². The Morgan fingerprint density at radius 3 is 2.69 bits per heavy atom. The fraction of sp³-hybridized carbons (Fsp3) is 0.429. The van der Waals surface area contributed by atoms with Crippen LogP contribution in [0, 0.1) is 0 Å². The summed E-state index contributed by atoms with van der Waals surface area (Å²) in [5, 5.41) is 6.97. The van der Waals surface area contributed by atoms with Crippen LogP contribution in [0.5, 0.6) is 0 Å². The van der Waals surface area contributed by atoms with Crippen molar-refractivity contribution < 1.29 is 14.4 Å². The molecule has 2 aliphatic rings. The van der Waals surface area contributed by atoms with E-state index in [2.05, 4.69) is 10.4 Å². The van der Waals surface area contributed by atoms with Crippen molar-refractivity contribution in [3.05, 3.63) is 48.3 Å². The monoisotopic (exact) mass is 395 g/mol. The molecule has 0 saturated carbocycles. The number of nitrogens with zero attached hydrogens (tertiary/aromatic N) is 4. The van der Waals surface area contributed by atoms with Crippen LogP contribution in [-0.2, 0) is 27.9 Å². The van der Waals surface area contributed by atoms with Gasteiger partial charge in [0.15, 0.2) is 0 Å². The molecule has 2 aromatic rings. The average Bonchev–Trinajstić information content (AvgIpc) is 3.43. The first kappa shape index (κ1) is 19.2. The Labute approximate surface area is 169 Å². The Kier molecular flexibility index (Phi) is 5.33. The summed E-state index contributed by atoms with van der Waals surface area (Å²) in [4.78, 5) is 41.6. The minimum absolute atomic E-state index is 0.0522. The lowest BCUT2D eigenvalue weighted by atomic mass is 10.1. The van der Waals surface area contributed by atoms with Crippen LogP contribution in [0.2, 0.25) is 0 Å². The van der Waals surface area contributed by atoms with Gasteiger partial charge in [0.25, 0.3) is 0 Å². The second-order valence-corrected chi connectivity index (χ2v) is 7.62. The molecule has 29 heavy (non-hydrogen) atoms. The minimum atomic E-state index is -0.561. The molecule has 4 rings (SSSR count). The van der Waals surface area contributed by atoms with Crippen molar-refractivity contribution in [2.45, 2.75) is 37.8 Å². The van der Waals surface area contributed by atoms with E-state index in [1.165, 1.54) is 0 Å². The number of rotatable bonds is 5. The molecule has 2 atom stereocenters. The van der Waals surface area contributed by atoms with Gasteiger partial charge in [-0.05, 0) is 24.8 Å². The molecule has 3 amide bonds. The number of benzene rings is 1. The van der Waals surface area contributed by atoms with Crippen molar-refractivity contribution in [1.82, 2.24) is 20.0 Å². The van der Waals surface area contributed by atoms with Gasteiger partial charge in [0.1, 0.15) is 12.1 Å². The molecule has 2 fully saturated rings. The lowest BCUT2D eigenvalue weighted by molar-refractivity contribution is -0.138. The standard InChI is InChI=1S/C21H25N5O3/c1-24-14-16(13-22-24)25-11-9-17(21(25)29)23-20(28)18-8-5-10-26(18)19(27)12-15-6-3-2-4-7-15/h2-4,6-7,13-14,17-18H,5,8-12H2,1H3,(H,23,28). The molecule has 8 nitrogen and oxygen atoms in total. The highest BCUT2D eigenvalue weighted by Gasteiger charge is 2.39. The highest BCUT2D eigenvalue weighted by Crippen LogP contribution is 2.23. The summed E-state index contributed by atoms with van der Waals surface area (Å²) in [5.74, 6) is -0.426. The van der Waals surface area contributed by atoms with Gasteiger partial charge in [0.2, 0.25) is 17.7 Å². The molecule has 3 heterocycles. The Bertz CT molecular complexity index is 910. The predicted octanol–water partition coefficient (Wildman–Crippen LogP) is 0.875. The second-order valence-electron chi connectivity index (χ2n) is 7.62. The van der Waals surface area contributed by atoms with E-state index >= 15 is 0 Å². The molecule has 1 N–H and O–H groups in total. The van der Waals surface area contributed by atoms with Crippen LogP contribution in [-0.4, -0.2) is 57.6 Å². The van der Waals surface area contributed by atoms with Gasteiger partial charge >= 0.3 is 0 Å². The highest BCUT2D eigenvalue weighted by molar-refractivity contribution is 6.02. The van der Waals surface area contributed by atoms with Gasteiger partial charge in [0, 0.05) is 26.3 Å². The SMILES string of the molecule is Cn1cc(N2CCC(NC(=O)C3CCCN3C(=O)Cc3ccccc3)C2=O)cn1. The van der Waals surface area contributed by atoms with Crippen LogP contribution in [0.25, 0.3) is 0 Å². The average molecular weight is 395 g/mol. The minimum Gasteiger partial charge on any atom is -0.342 e. The molecule has 8 heteroatoms. The second kappa shape index (κ2) is 8.06. The zero-order valence-corrected chi connectivity index (χ0v) is 16.5. The molecule has 1 aromatic carbocycles. The summed E-state index contributed by atoms with van der Waals surface area (Å²) in [6.45, 7) is 1.11. The Balaban J connectivity index is 1.37. The number of hydrogen-bond donors (Lipinski definition) is 1. The maximum Gasteiger partial charge on any atom is 0.249 e. The molecule has 0 spiro atoms. The van der Waals surface area contributed by atoms with E-state index in [1.807, 2.05) is 30.3 Å². The van der Waals surface area contributed by atoms with Crippen molar-refractivity contribution >= 4 is 23.4 Å². The summed E-state index contributed by atoms with van der Waals surface area (Å²) in [7, 11) is 1.80. The number of aromatic nitrogens is 2. The zero-order valence-electron chi connectivity index (χ0n) is 16.5. The molecular formula is C21H25N5O3. The first-order chi connectivity index (χ1) is 14.0. The number of amides is 3. The molecule has 152 valence electrons. The van der Waals surface area contributed by atoms with Gasteiger partial charge in [-0.2, -0.15) is 5.10 Å². The van der Waals surface area contributed by atoms with E-state index in [9.17, 15) is 14.4 Å². The van der Waals surface area contributed by atoms with Crippen molar-refractivity contribution in [3.8, 4) is 0 Å². The molecular weight excluding hydrogens is 370 g/mol. The summed E-state index contributed by atoms with van der Waals surface area (Å²) < 4.78 is 1.64. The van der Waals surface area contributed by atoms with Crippen LogP contribution < -0.4 is 10.2 Å². The molecule has 0 bridgehead atoms. The highest BCUT2D eigenvalue weighted by atomic mass is 16.2. The van der Waals surface area contributed by atoms with Gasteiger partial charge < -0.3 is 15.1 Å². The van der Waals surface area contributed by atoms with E-state index < -0.39 is 12.1 Å². The summed E-state index contributed by atoms with van der Waals surface area (Å²) >= 11 is 0. The number of nitrogens with one attached hydrogen (secondary N) is 1. The summed E-state index contributed by atoms with van der Waals surface area (Å²) in [6, 6.07) is 8.46.